The lowest BCUT2D eigenvalue weighted by molar-refractivity contribution is 1.48. The predicted molar refractivity (Wildman–Crippen MR) is 84.2 cm³/mol. The zero-order chi connectivity index (χ0) is 12.3. The van der Waals surface area contributed by atoms with E-state index in [0.29, 0.717) is 0 Å². The second-order valence-corrected chi connectivity index (χ2v) is 7.12. The Hall–Kier alpha value is -0.440. The highest BCUT2D eigenvalue weighted by molar-refractivity contribution is 9.11. The van der Waals surface area contributed by atoms with Crippen molar-refractivity contribution in [2.45, 2.75) is 0 Å². The van der Waals surface area contributed by atoms with Crippen LogP contribution in [0.4, 0.5) is 11.4 Å². The number of hydrogen-bond acceptors (Lipinski definition) is 6. The third-order valence-corrected chi connectivity index (χ3v) is 5.42. The van der Waals surface area contributed by atoms with Crippen LogP contribution in [0.15, 0.2) is 31.5 Å². The molecule has 2 aliphatic rings. The minimum absolute atomic E-state index is 0.971. The molecule has 2 aromatic rings. The summed E-state index contributed by atoms with van der Waals surface area (Å²) in [5.74, 6) is 0. The van der Waals surface area contributed by atoms with E-state index in [0.717, 1.165) is 37.3 Å². The van der Waals surface area contributed by atoms with E-state index in [1.165, 1.54) is 24.3 Å². The lowest BCUT2D eigenvalue weighted by Gasteiger charge is -2.11. The average molecular weight is 404 g/mol. The molecule has 0 spiro atoms. The van der Waals surface area contributed by atoms with Gasteiger partial charge in [-0.25, -0.2) is 3.33 Å². The first-order valence-electron chi connectivity index (χ1n) is 5.02. The Bertz CT molecular complexity index is 808. The molecule has 4 nitrogen and oxygen atoms in total. The highest BCUT2D eigenvalue weighted by Gasteiger charge is 2.21. The third-order valence-electron chi connectivity index (χ3n) is 2.86. The zero-order valence-electron chi connectivity index (χ0n) is 8.65. The summed E-state index contributed by atoms with van der Waals surface area (Å²) in [5.41, 5.74) is 2.14. The van der Waals surface area contributed by atoms with Crippen LogP contribution < -0.4 is 18.8 Å². The minimum Gasteiger partial charge on any atom is -0.308 e. The SMILES string of the molecule is Brc1cc2c(c3ccc4c(c13)NSN=4)N(Br)SN=2. The largest absolute Gasteiger partial charge is 0.308 e. The van der Waals surface area contributed by atoms with Crippen molar-refractivity contribution in [2.75, 3.05) is 8.05 Å². The molecule has 0 aliphatic carbocycles. The first kappa shape index (κ1) is 11.4. The molecule has 0 atom stereocenters. The number of nitrogens with zero attached hydrogens (tertiary/aromatic N) is 3. The van der Waals surface area contributed by atoms with Gasteiger partial charge in [-0.1, -0.05) is 0 Å². The molecule has 0 amide bonds. The second-order valence-electron chi connectivity index (χ2n) is 3.81. The lowest BCUT2D eigenvalue weighted by Crippen LogP contribution is -2.09. The molecule has 0 unspecified atom stereocenters. The van der Waals surface area contributed by atoms with Crippen molar-refractivity contribution >= 4 is 78.5 Å². The smallest absolute Gasteiger partial charge is 0.105 e. The molecule has 0 saturated carbocycles. The molecule has 0 radical (unpaired) electrons. The maximum atomic E-state index is 4.40. The van der Waals surface area contributed by atoms with Crippen LogP contribution in [0.25, 0.3) is 10.8 Å². The van der Waals surface area contributed by atoms with Crippen LogP contribution in [0.1, 0.15) is 0 Å². The number of anilines is 2. The number of hydrogen-bond donors (Lipinski definition) is 1. The molecular formula is C10H4Br2N4S2. The Balaban J connectivity index is 2.24. The molecule has 2 aromatic carbocycles. The van der Waals surface area contributed by atoms with Crippen LogP contribution in [0.5, 0.6) is 0 Å². The molecule has 0 bridgehead atoms. The number of halogens is 2. The molecule has 0 fully saturated rings. The van der Waals surface area contributed by atoms with Gasteiger partial charge in [-0.15, -0.1) is 0 Å². The second kappa shape index (κ2) is 4.03. The monoisotopic (exact) mass is 402 g/mol. The van der Waals surface area contributed by atoms with Gasteiger partial charge in [0.1, 0.15) is 17.5 Å². The van der Waals surface area contributed by atoms with Gasteiger partial charge in [-0.05, 0) is 34.1 Å². The molecular weight excluding hydrogens is 400 g/mol. The van der Waals surface area contributed by atoms with Crippen LogP contribution in [0, 0.1) is 0 Å². The van der Waals surface area contributed by atoms with Gasteiger partial charge < -0.3 is 4.72 Å². The van der Waals surface area contributed by atoms with Crippen LogP contribution in [-0.4, -0.2) is 0 Å². The molecule has 4 rings (SSSR count). The van der Waals surface area contributed by atoms with Gasteiger partial charge in [-0.3, -0.25) is 0 Å². The van der Waals surface area contributed by atoms with E-state index in [1.807, 2.05) is 15.5 Å². The number of fused-ring (bicyclic) bond motifs is 5. The standard InChI is InChI=1S/C10H4Br2N4S2/c11-5-3-7-10(16(12)18-14-7)4-1-2-6-9(8(4)5)15-17-13-6/h1-3,15H. The number of nitrogens with one attached hydrogen (secondary N) is 1. The fraction of sp³-hybridized carbons (Fsp3) is 0. The summed E-state index contributed by atoms with van der Waals surface area (Å²) in [7, 11) is 0. The van der Waals surface area contributed by atoms with Crippen LogP contribution in [-0.2, 0) is 0 Å². The molecule has 90 valence electrons. The van der Waals surface area contributed by atoms with Crippen LogP contribution >= 0.6 is 56.3 Å². The van der Waals surface area contributed by atoms with Crippen molar-refractivity contribution in [1.82, 2.24) is 0 Å². The number of rotatable bonds is 0. The normalized spacial score (nSPS) is 16.0. The maximum absolute atomic E-state index is 4.40. The Morgan fingerprint density at radius 1 is 1.22 bits per heavy atom. The Labute approximate surface area is 128 Å². The Kier molecular flexibility index (Phi) is 2.55. The van der Waals surface area contributed by atoms with E-state index in [4.69, 9.17) is 0 Å². The van der Waals surface area contributed by atoms with Crippen molar-refractivity contribution < 1.29 is 0 Å². The summed E-state index contributed by atoms with van der Waals surface area (Å²) in [6.07, 6.45) is 0. The van der Waals surface area contributed by atoms with E-state index >= 15 is 0 Å². The van der Waals surface area contributed by atoms with Gasteiger partial charge in [0, 0.05) is 15.2 Å². The van der Waals surface area contributed by atoms with Gasteiger partial charge in [0.15, 0.2) is 0 Å². The van der Waals surface area contributed by atoms with Crippen molar-refractivity contribution in [1.29, 1.82) is 0 Å². The van der Waals surface area contributed by atoms with E-state index in [2.05, 4.69) is 51.7 Å². The van der Waals surface area contributed by atoms with Crippen molar-refractivity contribution in [2.24, 2.45) is 8.80 Å². The lowest BCUT2D eigenvalue weighted by atomic mass is 10.1. The summed E-state index contributed by atoms with van der Waals surface area (Å²) in [6, 6.07) is 6.16. The Morgan fingerprint density at radius 3 is 3.00 bits per heavy atom. The quantitative estimate of drug-likeness (QED) is 0.539. The summed E-state index contributed by atoms with van der Waals surface area (Å²) in [5, 5.41) is 4.24. The maximum Gasteiger partial charge on any atom is 0.105 e. The number of benzene rings is 2. The van der Waals surface area contributed by atoms with Gasteiger partial charge >= 0.3 is 0 Å². The summed E-state index contributed by atoms with van der Waals surface area (Å²) in [4.78, 5) is 0. The molecule has 2 heterocycles. The van der Waals surface area contributed by atoms with Gasteiger partial charge in [-0.2, -0.15) is 8.80 Å². The highest BCUT2D eigenvalue weighted by Crippen LogP contribution is 2.40. The zero-order valence-corrected chi connectivity index (χ0v) is 13.5. The molecule has 0 aromatic heterocycles. The molecule has 0 saturated heterocycles. The van der Waals surface area contributed by atoms with E-state index in [9.17, 15) is 0 Å². The third kappa shape index (κ3) is 1.46. The fourth-order valence-corrected chi connectivity index (χ4v) is 4.47. The summed E-state index contributed by atoms with van der Waals surface area (Å²) in [6.45, 7) is 0. The van der Waals surface area contributed by atoms with E-state index in [1.54, 1.807) is 0 Å². The fourth-order valence-electron chi connectivity index (χ4n) is 2.11. The molecule has 2 aliphatic heterocycles. The van der Waals surface area contributed by atoms with Gasteiger partial charge in [0.2, 0.25) is 0 Å². The van der Waals surface area contributed by atoms with E-state index < -0.39 is 0 Å². The predicted octanol–water partition coefficient (Wildman–Crippen LogP) is 3.52. The van der Waals surface area contributed by atoms with Gasteiger partial charge in [0.25, 0.3) is 0 Å². The molecule has 8 heteroatoms. The van der Waals surface area contributed by atoms with E-state index in [-0.39, 0.29) is 0 Å². The summed E-state index contributed by atoms with van der Waals surface area (Å²) < 4.78 is 14.9. The van der Waals surface area contributed by atoms with Crippen molar-refractivity contribution in [3.05, 3.63) is 33.4 Å². The highest BCUT2D eigenvalue weighted by atomic mass is 79.9. The first-order chi connectivity index (χ1) is 8.75. The molecule has 1 N–H and O–H groups in total. The van der Waals surface area contributed by atoms with Crippen LogP contribution in [0.3, 0.4) is 0 Å². The molecule has 18 heavy (non-hydrogen) atoms. The van der Waals surface area contributed by atoms with Crippen LogP contribution in [0.2, 0.25) is 0 Å². The Morgan fingerprint density at radius 2 is 2.11 bits per heavy atom. The van der Waals surface area contributed by atoms with Crippen molar-refractivity contribution in [3.8, 4) is 0 Å². The van der Waals surface area contributed by atoms with Crippen molar-refractivity contribution in [3.63, 3.8) is 0 Å². The van der Waals surface area contributed by atoms with Gasteiger partial charge in [0.05, 0.1) is 45.0 Å². The topological polar surface area (TPSA) is 40.0 Å². The minimum atomic E-state index is 0.971. The first-order valence-corrected chi connectivity index (χ1v) is 8.02. The summed E-state index contributed by atoms with van der Waals surface area (Å²) >= 11 is 9.88. The average Bonchev–Trinajstić information content (AvgIpc) is 2.95.